The molecule has 124 valence electrons. The predicted octanol–water partition coefficient (Wildman–Crippen LogP) is 2.23. The van der Waals surface area contributed by atoms with Gasteiger partial charge in [-0.1, -0.05) is 15.9 Å². The Morgan fingerprint density at radius 3 is 2.54 bits per heavy atom. The van der Waals surface area contributed by atoms with Crippen LogP contribution in [0.1, 0.15) is 0 Å². The molecule has 0 spiro atoms. The number of ether oxygens (including phenoxy) is 1. The molecule has 0 bridgehead atoms. The van der Waals surface area contributed by atoms with Crippen LogP contribution in [0.3, 0.4) is 0 Å². The maximum absolute atomic E-state index is 12.5. The molecule has 0 unspecified atom stereocenters. The fraction of sp³-hybridized carbons (Fsp3) is 0.0714. The summed E-state index contributed by atoms with van der Waals surface area (Å²) in [6, 6.07) is 11.2. The van der Waals surface area contributed by atoms with Crippen molar-refractivity contribution in [1.82, 2.24) is 20.2 Å². The van der Waals surface area contributed by atoms with Crippen molar-refractivity contribution in [3.05, 3.63) is 53.3 Å². The number of nitrogens with zero attached hydrogens (tertiary/aromatic N) is 4. The van der Waals surface area contributed by atoms with Crippen molar-refractivity contribution in [2.75, 3.05) is 11.8 Å². The summed E-state index contributed by atoms with van der Waals surface area (Å²) in [5.74, 6) is 0.508. The Morgan fingerprint density at radius 2 is 1.92 bits per heavy atom. The van der Waals surface area contributed by atoms with Crippen molar-refractivity contribution in [2.24, 2.45) is 0 Å². The first-order chi connectivity index (χ1) is 11.5. The van der Waals surface area contributed by atoms with Crippen LogP contribution in [-0.2, 0) is 10.0 Å². The molecular formula is C14H12BrN5O3S. The Labute approximate surface area is 146 Å². The summed E-state index contributed by atoms with van der Waals surface area (Å²) >= 11 is 3.28. The van der Waals surface area contributed by atoms with E-state index in [0.717, 1.165) is 4.47 Å². The Balaban J connectivity index is 1.95. The third kappa shape index (κ3) is 3.39. The van der Waals surface area contributed by atoms with E-state index in [4.69, 9.17) is 4.74 Å². The van der Waals surface area contributed by atoms with Crippen LogP contribution < -0.4 is 9.46 Å². The number of halogens is 1. The van der Waals surface area contributed by atoms with Gasteiger partial charge >= 0.3 is 0 Å². The van der Waals surface area contributed by atoms with Gasteiger partial charge in [0.2, 0.25) is 0 Å². The maximum Gasteiger partial charge on any atom is 0.261 e. The zero-order valence-electron chi connectivity index (χ0n) is 12.4. The lowest BCUT2D eigenvalue weighted by molar-refractivity contribution is 0.411. The highest BCUT2D eigenvalue weighted by molar-refractivity contribution is 9.10. The summed E-state index contributed by atoms with van der Waals surface area (Å²) in [6.45, 7) is 0. The number of benzene rings is 2. The lowest BCUT2D eigenvalue weighted by atomic mass is 10.2. The van der Waals surface area contributed by atoms with E-state index in [1.54, 1.807) is 30.3 Å². The quantitative estimate of drug-likeness (QED) is 0.693. The molecule has 10 heteroatoms. The van der Waals surface area contributed by atoms with E-state index in [2.05, 4.69) is 36.2 Å². The van der Waals surface area contributed by atoms with E-state index in [-0.39, 0.29) is 4.90 Å². The second-order valence-corrected chi connectivity index (χ2v) is 7.30. The van der Waals surface area contributed by atoms with Crippen LogP contribution in [0.4, 0.5) is 5.69 Å². The molecule has 0 amide bonds. The summed E-state index contributed by atoms with van der Waals surface area (Å²) in [5.41, 5.74) is 0.878. The molecule has 1 N–H and O–H groups in total. The van der Waals surface area contributed by atoms with Crippen molar-refractivity contribution in [2.45, 2.75) is 4.90 Å². The monoisotopic (exact) mass is 409 g/mol. The van der Waals surface area contributed by atoms with Gasteiger partial charge in [0, 0.05) is 4.47 Å². The molecule has 0 fully saturated rings. The summed E-state index contributed by atoms with van der Waals surface area (Å²) in [6.07, 6.45) is 1.39. The fourth-order valence-corrected chi connectivity index (χ4v) is 3.35. The number of methoxy groups -OCH3 is 1. The van der Waals surface area contributed by atoms with Crippen LogP contribution in [0, 0.1) is 0 Å². The molecule has 3 aromatic rings. The van der Waals surface area contributed by atoms with E-state index >= 15 is 0 Å². The Kier molecular flexibility index (Phi) is 4.49. The number of hydrogen-bond donors (Lipinski definition) is 1. The number of nitrogens with one attached hydrogen (secondary N) is 1. The van der Waals surface area contributed by atoms with Gasteiger partial charge in [-0.25, -0.2) is 8.42 Å². The van der Waals surface area contributed by atoms with Crippen molar-refractivity contribution >= 4 is 31.6 Å². The van der Waals surface area contributed by atoms with Crippen LogP contribution in [0.2, 0.25) is 0 Å². The number of rotatable bonds is 5. The van der Waals surface area contributed by atoms with Crippen LogP contribution in [0.5, 0.6) is 5.75 Å². The van der Waals surface area contributed by atoms with Gasteiger partial charge in [-0.3, -0.25) is 4.72 Å². The van der Waals surface area contributed by atoms with Crippen molar-refractivity contribution < 1.29 is 13.2 Å². The number of aromatic nitrogens is 4. The lowest BCUT2D eigenvalue weighted by Crippen LogP contribution is -2.13. The molecule has 0 atom stereocenters. The molecule has 1 heterocycles. The molecule has 0 aliphatic heterocycles. The van der Waals surface area contributed by atoms with Crippen molar-refractivity contribution in [3.63, 3.8) is 0 Å². The van der Waals surface area contributed by atoms with E-state index in [1.165, 1.54) is 30.3 Å². The van der Waals surface area contributed by atoms with Gasteiger partial charge in [0.25, 0.3) is 10.0 Å². The van der Waals surface area contributed by atoms with Gasteiger partial charge in [0.05, 0.1) is 17.7 Å². The minimum atomic E-state index is -3.71. The summed E-state index contributed by atoms with van der Waals surface area (Å²) in [7, 11) is -2.20. The molecule has 2 aromatic carbocycles. The lowest BCUT2D eigenvalue weighted by Gasteiger charge is -2.12. The zero-order valence-corrected chi connectivity index (χ0v) is 14.8. The largest absolute Gasteiger partial charge is 0.494 e. The van der Waals surface area contributed by atoms with Gasteiger partial charge in [0.1, 0.15) is 17.8 Å². The van der Waals surface area contributed by atoms with Crippen molar-refractivity contribution in [1.29, 1.82) is 0 Å². The number of tetrazole rings is 1. The zero-order chi connectivity index (χ0) is 17.2. The molecule has 3 rings (SSSR count). The van der Waals surface area contributed by atoms with Crippen molar-refractivity contribution in [3.8, 4) is 11.4 Å². The molecule has 0 aliphatic carbocycles. The summed E-state index contributed by atoms with van der Waals surface area (Å²) in [5, 5.41) is 10.9. The van der Waals surface area contributed by atoms with Gasteiger partial charge in [-0.05, 0) is 52.9 Å². The average molecular weight is 410 g/mol. The Morgan fingerprint density at radius 1 is 1.17 bits per heavy atom. The molecule has 0 radical (unpaired) electrons. The smallest absolute Gasteiger partial charge is 0.261 e. The van der Waals surface area contributed by atoms with Gasteiger partial charge < -0.3 is 4.74 Å². The Bertz CT molecular complexity index is 943. The van der Waals surface area contributed by atoms with Crippen LogP contribution in [-0.4, -0.2) is 35.7 Å². The molecular weight excluding hydrogens is 398 g/mol. The normalized spacial score (nSPS) is 11.2. The second kappa shape index (κ2) is 6.57. The summed E-state index contributed by atoms with van der Waals surface area (Å²) in [4.78, 5) is 0.158. The summed E-state index contributed by atoms with van der Waals surface area (Å²) < 4.78 is 34.9. The molecule has 24 heavy (non-hydrogen) atoms. The molecule has 0 saturated carbocycles. The fourth-order valence-electron chi connectivity index (χ4n) is 2.03. The number of hydrogen-bond acceptors (Lipinski definition) is 6. The van der Waals surface area contributed by atoms with Gasteiger partial charge in [-0.2, -0.15) is 4.68 Å². The third-order valence-corrected chi connectivity index (χ3v) is 5.08. The first-order valence-corrected chi connectivity index (χ1v) is 8.97. The molecule has 8 nitrogen and oxygen atoms in total. The first kappa shape index (κ1) is 16.4. The standard InChI is InChI=1S/C14H12BrN5O3S/c1-23-14-7-4-11(8-13(14)20-9-16-18-19-20)17-24(21,22)12-5-2-10(15)3-6-12/h2-9,17H,1H3. The first-order valence-electron chi connectivity index (χ1n) is 6.69. The van der Waals surface area contributed by atoms with E-state index in [1.807, 2.05) is 0 Å². The average Bonchev–Trinajstić information content (AvgIpc) is 3.09. The number of sulfonamides is 1. The van der Waals surface area contributed by atoms with Crippen LogP contribution >= 0.6 is 15.9 Å². The molecule has 0 aliphatic rings. The van der Waals surface area contributed by atoms with E-state index in [9.17, 15) is 8.42 Å². The second-order valence-electron chi connectivity index (χ2n) is 4.70. The highest BCUT2D eigenvalue weighted by atomic mass is 79.9. The van der Waals surface area contributed by atoms with Crippen LogP contribution in [0.25, 0.3) is 5.69 Å². The van der Waals surface area contributed by atoms with E-state index < -0.39 is 10.0 Å². The molecule has 0 saturated heterocycles. The topological polar surface area (TPSA) is 99.0 Å². The highest BCUT2D eigenvalue weighted by Crippen LogP contribution is 2.27. The van der Waals surface area contributed by atoms with E-state index in [0.29, 0.717) is 17.1 Å². The minimum absolute atomic E-state index is 0.158. The number of anilines is 1. The van der Waals surface area contributed by atoms with Crippen LogP contribution in [0.15, 0.2) is 58.2 Å². The maximum atomic E-state index is 12.5. The Hall–Kier alpha value is -2.46. The third-order valence-electron chi connectivity index (χ3n) is 3.15. The molecule has 1 aromatic heterocycles. The minimum Gasteiger partial charge on any atom is -0.494 e. The van der Waals surface area contributed by atoms with Gasteiger partial charge in [0.15, 0.2) is 0 Å². The predicted molar refractivity (Wildman–Crippen MR) is 90.7 cm³/mol. The van der Waals surface area contributed by atoms with Gasteiger partial charge in [-0.15, -0.1) is 5.10 Å². The SMILES string of the molecule is COc1ccc(NS(=O)(=O)c2ccc(Br)cc2)cc1-n1cnnn1. The highest BCUT2D eigenvalue weighted by Gasteiger charge is 2.16.